The molecule has 2 heterocycles. The molecule has 0 aliphatic heterocycles. The van der Waals surface area contributed by atoms with Crippen molar-refractivity contribution in [3.8, 4) is 0 Å². The summed E-state index contributed by atoms with van der Waals surface area (Å²) < 4.78 is 0. The normalized spacial score (nSPS) is 11.3. The van der Waals surface area contributed by atoms with E-state index in [-0.39, 0.29) is 6.42 Å². The predicted molar refractivity (Wildman–Crippen MR) is 107 cm³/mol. The molecule has 0 unspecified atom stereocenters. The van der Waals surface area contributed by atoms with Crippen LogP contribution in [0.5, 0.6) is 0 Å². The van der Waals surface area contributed by atoms with Crippen molar-refractivity contribution in [2.75, 3.05) is 5.32 Å². The Kier molecular flexibility index (Phi) is 4.12. The van der Waals surface area contributed by atoms with E-state index in [1.807, 2.05) is 13.0 Å². The molecule has 0 aliphatic carbocycles. The fourth-order valence-electron chi connectivity index (χ4n) is 3.27. The summed E-state index contributed by atoms with van der Waals surface area (Å²) in [6.45, 7) is 4.00. The van der Waals surface area contributed by atoms with Crippen molar-refractivity contribution in [1.29, 1.82) is 0 Å². The molecule has 6 heteroatoms. The number of carbonyl (C=O) groups is 1. The average molecular weight is 365 g/mol. The SMILES string of the molecule is CCc1cccc2c1[nH]c1cc(Nc3nc(C)c(CC(=O)O)s3)ccc12. The second-order valence-electron chi connectivity index (χ2n) is 6.30. The molecule has 4 rings (SSSR count). The van der Waals surface area contributed by atoms with Crippen molar-refractivity contribution >= 4 is 49.9 Å². The topological polar surface area (TPSA) is 78.0 Å². The minimum absolute atomic E-state index is 0.00598. The van der Waals surface area contributed by atoms with Crippen LogP contribution in [0.4, 0.5) is 10.8 Å². The number of thiazole rings is 1. The quantitative estimate of drug-likeness (QED) is 0.464. The van der Waals surface area contributed by atoms with Gasteiger partial charge < -0.3 is 15.4 Å². The first-order valence-electron chi connectivity index (χ1n) is 8.53. The first kappa shape index (κ1) is 16.6. The van der Waals surface area contributed by atoms with Gasteiger partial charge in [0.1, 0.15) is 0 Å². The van der Waals surface area contributed by atoms with Gasteiger partial charge in [0, 0.05) is 32.4 Å². The Morgan fingerprint density at radius 2 is 2.12 bits per heavy atom. The van der Waals surface area contributed by atoms with Crippen LogP contribution in [-0.4, -0.2) is 21.0 Å². The van der Waals surface area contributed by atoms with Gasteiger partial charge in [-0.15, -0.1) is 11.3 Å². The molecule has 0 saturated heterocycles. The average Bonchev–Trinajstić information content (AvgIpc) is 3.14. The third-order valence-corrected chi connectivity index (χ3v) is 5.63. The molecule has 0 bridgehead atoms. The number of aromatic amines is 1. The van der Waals surface area contributed by atoms with E-state index < -0.39 is 5.97 Å². The Balaban J connectivity index is 1.70. The van der Waals surface area contributed by atoms with Gasteiger partial charge in [0.15, 0.2) is 5.13 Å². The van der Waals surface area contributed by atoms with Gasteiger partial charge in [-0.25, -0.2) is 4.98 Å². The Bertz CT molecular complexity index is 1130. The predicted octanol–water partition coefficient (Wildman–Crippen LogP) is 5.02. The maximum absolute atomic E-state index is 10.9. The highest BCUT2D eigenvalue weighted by Crippen LogP contribution is 2.32. The molecule has 0 fully saturated rings. The van der Waals surface area contributed by atoms with Crippen LogP contribution in [0.1, 0.15) is 23.1 Å². The van der Waals surface area contributed by atoms with Gasteiger partial charge in [-0.05, 0) is 31.0 Å². The molecule has 26 heavy (non-hydrogen) atoms. The van der Waals surface area contributed by atoms with E-state index in [0.717, 1.165) is 28.2 Å². The number of hydrogen-bond acceptors (Lipinski definition) is 4. The third kappa shape index (κ3) is 2.93. The number of carboxylic acid groups (broad SMARTS) is 1. The summed E-state index contributed by atoms with van der Waals surface area (Å²) in [4.78, 5) is 19.7. The highest BCUT2D eigenvalue weighted by molar-refractivity contribution is 7.15. The Morgan fingerprint density at radius 1 is 1.27 bits per heavy atom. The molecule has 0 amide bonds. The molecule has 0 saturated carbocycles. The van der Waals surface area contributed by atoms with Crippen LogP contribution in [0.2, 0.25) is 0 Å². The van der Waals surface area contributed by atoms with E-state index in [0.29, 0.717) is 5.13 Å². The van der Waals surface area contributed by atoms with Gasteiger partial charge >= 0.3 is 5.97 Å². The molecule has 2 aromatic heterocycles. The summed E-state index contributed by atoms with van der Waals surface area (Å²) in [5, 5.41) is 15.4. The molecular formula is C20H19N3O2S. The third-order valence-electron chi connectivity index (χ3n) is 4.56. The zero-order valence-corrected chi connectivity index (χ0v) is 15.4. The molecule has 0 aliphatic rings. The summed E-state index contributed by atoms with van der Waals surface area (Å²) in [6.07, 6.45) is 0.992. The van der Waals surface area contributed by atoms with Crippen molar-refractivity contribution in [2.24, 2.45) is 0 Å². The number of aromatic nitrogens is 2. The van der Waals surface area contributed by atoms with Gasteiger partial charge in [0.25, 0.3) is 0 Å². The molecule has 0 atom stereocenters. The highest BCUT2D eigenvalue weighted by Gasteiger charge is 2.12. The lowest BCUT2D eigenvalue weighted by atomic mass is 10.1. The zero-order valence-electron chi connectivity index (χ0n) is 14.6. The summed E-state index contributed by atoms with van der Waals surface area (Å²) in [6, 6.07) is 12.6. The van der Waals surface area contributed by atoms with Crippen molar-refractivity contribution in [1.82, 2.24) is 9.97 Å². The van der Waals surface area contributed by atoms with Gasteiger partial charge in [-0.3, -0.25) is 4.79 Å². The summed E-state index contributed by atoms with van der Waals surface area (Å²) in [7, 11) is 0. The van der Waals surface area contributed by atoms with Crippen LogP contribution >= 0.6 is 11.3 Å². The highest BCUT2D eigenvalue weighted by atomic mass is 32.1. The van der Waals surface area contributed by atoms with E-state index in [2.05, 4.69) is 52.5 Å². The van der Waals surface area contributed by atoms with Crippen LogP contribution in [-0.2, 0) is 17.6 Å². The zero-order chi connectivity index (χ0) is 18.3. The minimum atomic E-state index is -0.838. The fourth-order valence-corrected chi connectivity index (χ4v) is 4.24. The number of anilines is 2. The monoisotopic (exact) mass is 365 g/mol. The largest absolute Gasteiger partial charge is 0.481 e. The van der Waals surface area contributed by atoms with Gasteiger partial charge in [0.05, 0.1) is 12.1 Å². The van der Waals surface area contributed by atoms with Crippen LogP contribution in [0.3, 0.4) is 0 Å². The summed E-state index contributed by atoms with van der Waals surface area (Å²) >= 11 is 1.39. The number of H-pyrrole nitrogens is 1. The molecule has 0 spiro atoms. The van der Waals surface area contributed by atoms with Crippen molar-refractivity contribution < 1.29 is 9.90 Å². The molecule has 2 aromatic carbocycles. The Morgan fingerprint density at radius 3 is 2.88 bits per heavy atom. The number of aryl methyl sites for hydroxylation is 2. The van der Waals surface area contributed by atoms with Crippen LogP contribution in [0.25, 0.3) is 21.8 Å². The van der Waals surface area contributed by atoms with Crippen LogP contribution < -0.4 is 5.32 Å². The van der Waals surface area contributed by atoms with E-state index in [1.165, 1.54) is 33.2 Å². The fraction of sp³-hybridized carbons (Fsp3) is 0.200. The van der Waals surface area contributed by atoms with Gasteiger partial charge in [-0.2, -0.15) is 0 Å². The first-order valence-corrected chi connectivity index (χ1v) is 9.35. The number of aliphatic carboxylic acids is 1. The lowest BCUT2D eigenvalue weighted by Crippen LogP contribution is -1.99. The van der Waals surface area contributed by atoms with Crippen molar-refractivity contribution in [3.05, 3.63) is 52.5 Å². The lowest BCUT2D eigenvalue weighted by molar-refractivity contribution is -0.136. The Labute approximate surface area is 154 Å². The molecule has 5 nitrogen and oxygen atoms in total. The maximum atomic E-state index is 10.9. The van der Waals surface area contributed by atoms with E-state index in [9.17, 15) is 4.79 Å². The number of nitrogens with one attached hydrogen (secondary N) is 2. The molecular weight excluding hydrogens is 346 g/mol. The lowest BCUT2D eigenvalue weighted by Gasteiger charge is -2.02. The molecule has 4 aromatic rings. The van der Waals surface area contributed by atoms with E-state index >= 15 is 0 Å². The van der Waals surface area contributed by atoms with Crippen molar-refractivity contribution in [3.63, 3.8) is 0 Å². The second kappa shape index (κ2) is 6.46. The summed E-state index contributed by atoms with van der Waals surface area (Å²) in [5.41, 5.74) is 5.26. The number of benzene rings is 2. The Hall–Kier alpha value is -2.86. The van der Waals surface area contributed by atoms with Crippen molar-refractivity contribution in [2.45, 2.75) is 26.7 Å². The number of para-hydroxylation sites is 1. The number of carboxylic acids is 1. The molecule has 3 N–H and O–H groups in total. The maximum Gasteiger partial charge on any atom is 0.308 e. The van der Waals surface area contributed by atoms with E-state index in [1.54, 1.807) is 0 Å². The van der Waals surface area contributed by atoms with Crippen LogP contribution in [0.15, 0.2) is 36.4 Å². The smallest absolute Gasteiger partial charge is 0.308 e. The number of fused-ring (bicyclic) bond motifs is 3. The van der Waals surface area contributed by atoms with Gasteiger partial charge in [-0.1, -0.05) is 31.2 Å². The minimum Gasteiger partial charge on any atom is -0.481 e. The first-order chi connectivity index (χ1) is 12.5. The number of hydrogen-bond donors (Lipinski definition) is 3. The van der Waals surface area contributed by atoms with Gasteiger partial charge in [0.2, 0.25) is 0 Å². The second-order valence-corrected chi connectivity index (χ2v) is 7.39. The summed E-state index contributed by atoms with van der Waals surface area (Å²) in [5.74, 6) is -0.838. The standard InChI is InChI=1S/C20H19N3O2S/c1-3-12-5-4-6-15-14-8-7-13(9-16(14)23-19(12)15)22-20-21-11(2)17(26-20)10-18(24)25/h4-9,23H,3,10H2,1-2H3,(H,21,22)(H,24,25). The number of rotatable bonds is 5. The molecule has 0 radical (unpaired) electrons. The number of nitrogens with zero attached hydrogens (tertiary/aromatic N) is 1. The van der Waals surface area contributed by atoms with Crippen LogP contribution in [0, 0.1) is 6.92 Å². The van der Waals surface area contributed by atoms with E-state index in [4.69, 9.17) is 5.11 Å². The molecule has 132 valence electrons.